The second kappa shape index (κ2) is 7.88. The van der Waals surface area contributed by atoms with Crippen LogP contribution in [-0.4, -0.2) is 29.1 Å². The Labute approximate surface area is 122 Å². The number of nitrogens with one attached hydrogen (secondary N) is 2. The van der Waals surface area contributed by atoms with Crippen LogP contribution in [0.4, 0.5) is 4.79 Å². The summed E-state index contributed by atoms with van der Waals surface area (Å²) >= 11 is 0. The summed E-state index contributed by atoms with van der Waals surface area (Å²) in [6.07, 6.45) is 0.382. The summed E-state index contributed by atoms with van der Waals surface area (Å²) in [7, 11) is 0. The highest BCUT2D eigenvalue weighted by molar-refractivity contribution is 5.87. The number of amides is 3. The van der Waals surface area contributed by atoms with Gasteiger partial charge in [-0.15, -0.1) is 0 Å². The molecule has 21 heavy (non-hydrogen) atoms. The molecule has 0 radical (unpaired) electrons. The summed E-state index contributed by atoms with van der Waals surface area (Å²) in [6.45, 7) is 2.28. The molecule has 7 heteroatoms. The number of aliphatic carboxylic acids is 1. The van der Waals surface area contributed by atoms with Crippen LogP contribution in [0.5, 0.6) is 0 Å². The van der Waals surface area contributed by atoms with Gasteiger partial charge in [0.05, 0.1) is 6.42 Å². The number of carbonyl (C=O) groups is 3. The van der Waals surface area contributed by atoms with Gasteiger partial charge in [0.2, 0.25) is 5.91 Å². The number of nitrogens with two attached hydrogens (primary N) is 1. The first-order chi connectivity index (χ1) is 9.93. The minimum absolute atomic E-state index is 0.277. The van der Waals surface area contributed by atoms with E-state index in [4.69, 9.17) is 10.8 Å². The van der Waals surface area contributed by atoms with Crippen molar-refractivity contribution in [2.75, 3.05) is 0 Å². The predicted octanol–water partition coefficient (Wildman–Crippen LogP) is 0.377. The van der Waals surface area contributed by atoms with Crippen molar-refractivity contribution < 1.29 is 19.5 Å². The van der Waals surface area contributed by atoms with E-state index in [1.54, 1.807) is 0 Å². The topological polar surface area (TPSA) is 122 Å². The number of aryl methyl sites for hydroxylation is 1. The Bertz CT molecular complexity index is 531. The van der Waals surface area contributed by atoms with E-state index >= 15 is 0 Å². The van der Waals surface area contributed by atoms with Crippen LogP contribution >= 0.6 is 0 Å². The summed E-state index contributed by atoms with van der Waals surface area (Å²) < 4.78 is 0. The molecule has 0 heterocycles. The molecule has 114 valence electrons. The fraction of sp³-hybridized carbons (Fsp3) is 0.357. The molecular formula is C14H19N3O4. The van der Waals surface area contributed by atoms with Gasteiger partial charge in [0, 0.05) is 6.54 Å². The van der Waals surface area contributed by atoms with Crippen LogP contribution in [0, 0.1) is 0 Å². The number of carbonyl (C=O) groups excluding carboxylic acids is 2. The lowest BCUT2D eigenvalue weighted by Gasteiger charge is -2.14. The van der Waals surface area contributed by atoms with E-state index in [0.29, 0.717) is 0 Å². The van der Waals surface area contributed by atoms with Crippen LogP contribution in [0.25, 0.3) is 0 Å². The molecule has 1 rings (SSSR count). The van der Waals surface area contributed by atoms with Gasteiger partial charge in [0.1, 0.15) is 6.04 Å². The number of rotatable bonds is 7. The van der Waals surface area contributed by atoms with E-state index in [1.807, 2.05) is 31.2 Å². The quantitative estimate of drug-likeness (QED) is 0.580. The monoisotopic (exact) mass is 293 g/mol. The van der Waals surface area contributed by atoms with Crippen molar-refractivity contribution in [2.24, 2.45) is 5.73 Å². The molecule has 1 aromatic rings. The summed E-state index contributed by atoms with van der Waals surface area (Å²) in [4.78, 5) is 33.3. The Hall–Kier alpha value is -2.57. The number of carboxylic acids is 1. The SMILES string of the molecule is CCc1ccccc1CNC(=O)N[C@H](CC(N)=O)C(=O)O. The highest BCUT2D eigenvalue weighted by atomic mass is 16.4. The number of hydrogen-bond acceptors (Lipinski definition) is 3. The summed E-state index contributed by atoms with van der Waals surface area (Å²) in [5.74, 6) is -2.10. The molecule has 0 aliphatic heterocycles. The van der Waals surface area contributed by atoms with Crippen LogP contribution in [0.3, 0.4) is 0 Å². The Morgan fingerprint density at radius 1 is 1.24 bits per heavy atom. The number of urea groups is 1. The third kappa shape index (κ3) is 5.52. The van der Waals surface area contributed by atoms with E-state index < -0.39 is 30.4 Å². The summed E-state index contributed by atoms with van der Waals surface area (Å²) in [5.41, 5.74) is 6.99. The van der Waals surface area contributed by atoms with Gasteiger partial charge in [-0.2, -0.15) is 0 Å². The normalized spacial score (nSPS) is 11.5. The Morgan fingerprint density at radius 3 is 2.38 bits per heavy atom. The maximum Gasteiger partial charge on any atom is 0.326 e. The molecule has 0 aromatic heterocycles. The number of primary amides is 1. The van der Waals surface area contributed by atoms with E-state index in [0.717, 1.165) is 17.5 Å². The van der Waals surface area contributed by atoms with Crippen LogP contribution in [0.1, 0.15) is 24.5 Å². The van der Waals surface area contributed by atoms with E-state index in [-0.39, 0.29) is 6.54 Å². The molecular weight excluding hydrogens is 274 g/mol. The summed E-state index contributed by atoms with van der Waals surface area (Å²) in [6, 6.07) is 5.63. The Morgan fingerprint density at radius 2 is 1.86 bits per heavy atom. The van der Waals surface area contributed by atoms with Crippen molar-refractivity contribution in [1.82, 2.24) is 10.6 Å². The third-order valence-corrected chi connectivity index (χ3v) is 2.95. The van der Waals surface area contributed by atoms with Crippen LogP contribution < -0.4 is 16.4 Å². The van der Waals surface area contributed by atoms with E-state index in [1.165, 1.54) is 0 Å². The molecule has 5 N–H and O–H groups in total. The third-order valence-electron chi connectivity index (χ3n) is 2.95. The highest BCUT2D eigenvalue weighted by Gasteiger charge is 2.21. The lowest BCUT2D eigenvalue weighted by atomic mass is 10.1. The second-order valence-electron chi connectivity index (χ2n) is 4.51. The van der Waals surface area contributed by atoms with Gasteiger partial charge in [-0.25, -0.2) is 9.59 Å². The smallest absolute Gasteiger partial charge is 0.326 e. The van der Waals surface area contributed by atoms with Crippen LogP contribution in [-0.2, 0) is 22.6 Å². The van der Waals surface area contributed by atoms with Gasteiger partial charge in [0.25, 0.3) is 0 Å². The fourth-order valence-corrected chi connectivity index (χ4v) is 1.86. The molecule has 0 unspecified atom stereocenters. The zero-order valence-corrected chi connectivity index (χ0v) is 11.8. The molecule has 0 fully saturated rings. The number of benzene rings is 1. The van der Waals surface area contributed by atoms with Gasteiger partial charge in [-0.1, -0.05) is 31.2 Å². The molecule has 3 amide bonds. The minimum atomic E-state index is -1.33. The number of hydrogen-bond donors (Lipinski definition) is 4. The molecule has 0 aliphatic rings. The van der Waals surface area contributed by atoms with Gasteiger partial charge in [0.15, 0.2) is 0 Å². The molecule has 0 aliphatic carbocycles. The van der Waals surface area contributed by atoms with Crippen molar-refractivity contribution in [3.05, 3.63) is 35.4 Å². The van der Waals surface area contributed by atoms with Gasteiger partial charge >= 0.3 is 12.0 Å². The summed E-state index contributed by atoms with van der Waals surface area (Å²) in [5, 5.41) is 13.7. The maximum absolute atomic E-state index is 11.7. The molecule has 1 aromatic carbocycles. The van der Waals surface area contributed by atoms with Crippen molar-refractivity contribution in [2.45, 2.75) is 32.4 Å². The molecule has 7 nitrogen and oxygen atoms in total. The predicted molar refractivity (Wildman–Crippen MR) is 76.4 cm³/mol. The first kappa shape index (κ1) is 16.5. The minimum Gasteiger partial charge on any atom is -0.480 e. The molecule has 0 bridgehead atoms. The molecule has 0 saturated carbocycles. The van der Waals surface area contributed by atoms with Crippen LogP contribution in [0.2, 0.25) is 0 Å². The van der Waals surface area contributed by atoms with E-state index in [9.17, 15) is 14.4 Å². The second-order valence-corrected chi connectivity index (χ2v) is 4.51. The molecule has 1 atom stereocenters. The van der Waals surface area contributed by atoms with E-state index in [2.05, 4.69) is 10.6 Å². The molecule has 0 saturated heterocycles. The standard InChI is InChI=1S/C14H19N3O4/c1-2-9-5-3-4-6-10(9)8-16-14(21)17-11(13(19)20)7-12(15)18/h3-6,11H,2,7-8H2,1H3,(H2,15,18)(H,19,20)(H2,16,17,21)/t11-/m1/s1. The van der Waals surface area contributed by atoms with Gasteiger partial charge in [-0.3, -0.25) is 4.79 Å². The first-order valence-electron chi connectivity index (χ1n) is 6.56. The van der Waals surface area contributed by atoms with Crippen molar-refractivity contribution >= 4 is 17.9 Å². The Kier molecular flexibility index (Phi) is 6.19. The van der Waals surface area contributed by atoms with Crippen molar-refractivity contribution in [3.63, 3.8) is 0 Å². The largest absolute Gasteiger partial charge is 0.480 e. The average molecular weight is 293 g/mol. The maximum atomic E-state index is 11.7. The van der Waals surface area contributed by atoms with Crippen LogP contribution in [0.15, 0.2) is 24.3 Å². The lowest BCUT2D eigenvalue weighted by molar-refractivity contribution is -0.140. The van der Waals surface area contributed by atoms with Crippen molar-refractivity contribution in [1.29, 1.82) is 0 Å². The van der Waals surface area contributed by atoms with Gasteiger partial charge < -0.3 is 21.5 Å². The number of carboxylic acid groups (broad SMARTS) is 1. The van der Waals surface area contributed by atoms with Crippen molar-refractivity contribution in [3.8, 4) is 0 Å². The zero-order chi connectivity index (χ0) is 15.8. The lowest BCUT2D eigenvalue weighted by Crippen LogP contribution is -2.47. The molecule has 0 spiro atoms. The fourth-order valence-electron chi connectivity index (χ4n) is 1.86. The highest BCUT2D eigenvalue weighted by Crippen LogP contribution is 2.08. The zero-order valence-electron chi connectivity index (χ0n) is 11.8. The first-order valence-corrected chi connectivity index (χ1v) is 6.56. The average Bonchev–Trinajstić information content (AvgIpc) is 2.44. The van der Waals surface area contributed by atoms with Gasteiger partial charge in [-0.05, 0) is 17.5 Å². The Balaban J connectivity index is 2.56.